The van der Waals surface area contributed by atoms with Crippen molar-refractivity contribution in [1.29, 1.82) is 0 Å². The molecule has 0 unspecified atom stereocenters. The summed E-state index contributed by atoms with van der Waals surface area (Å²) >= 11 is 1.73. The molecular formula is C12H13N3S. The van der Waals surface area contributed by atoms with Crippen molar-refractivity contribution in [2.24, 2.45) is 0 Å². The minimum absolute atomic E-state index is 0.446. The average molecular weight is 231 g/mol. The largest absolute Gasteiger partial charge is 0.382 e. The molecule has 1 heterocycles. The third-order valence-corrected chi connectivity index (χ3v) is 3.11. The minimum Gasteiger partial charge on any atom is -0.382 e. The molecule has 16 heavy (non-hydrogen) atoms. The Morgan fingerprint density at radius 1 is 1.19 bits per heavy atom. The van der Waals surface area contributed by atoms with E-state index in [1.165, 1.54) is 10.5 Å². The number of aromatic nitrogens is 2. The zero-order valence-corrected chi connectivity index (χ0v) is 10.1. The fourth-order valence-electron chi connectivity index (χ4n) is 1.53. The summed E-state index contributed by atoms with van der Waals surface area (Å²) < 4.78 is 0. The summed E-state index contributed by atoms with van der Waals surface area (Å²) in [6.07, 6.45) is 5.35. The normalized spacial score (nSPS) is 10.4. The predicted molar refractivity (Wildman–Crippen MR) is 68.4 cm³/mol. The van der Waals surface area contributed by atoms with E-state index < -0.39 is 0 Å². The van der Waals surface area contributed by atoms with Gasteiger partial charge in [0, 0.05) is 10.5 Å². The van der Waals surface area contributed by atoms with E-state index in [1.807, 2.05) is 0 Å². The van der Waals surface area contributed by atoms with Crippen LogP contribution in [0.25, 0.3) is 11.3 Å². The summed E-state index contributed by atoms with van der Waals surface area (Å²) in [4.78, 5) is 9.57. The standard InChI is InChI=1S/C12H13N3S/c1-8-5-9(16-2)3-4-10(8)11-6-15-12(13)7-14-11/h3-7H,1-2H3,(H2,13,15). The van der Waals surface area contributed by atoms with E-state index in [4.69, 9.17) is 5.73 Å². The number of hydrogen-bond donors (Lipinski definition) is 1. The molecule has 1 aromatic carbocycles. The number of nitrogens with zero attached hydrogens (tertiary/aromatic N) is 2. The predicted octanol–water partition coefficient (Wildman–Crippen LogP) is 2.76. The maximum atomic E-state index is 5.51. The highest BCUT2D eigenvalue weighted by molar-refractivity contribution is 7.98. The molecule has 0 aliphatic rings. The summed E-state index contributed by atoms with van der Waals surface area (Å²) in [6.45, 7) is 2.08. The molecule has 0 spiro atoms. The van der Waals surface area contributed by atoms with Crippen molar-refractivity contribution in [2.45, 2.75) is 11.8 Å². The van der Waals surface area contributed by atoms with Gasteiger partial charge in [-0.2, -0.15) is 0 Å². The molecule has 0 aliphatic carbocycles. The molecule has 2 rings (SSSR count). The fourth-order valence-corrected chi connectivity index (χ4v) is 2.03. The van der Waals surface area contributed by atoms with Crippen LogP contribution in [0.1, 0.15) is 5.56 Å². The molecule has 2 N–H and O–H groups in total. The van der Waals surface area contributed by atoms with Gasteiger partial charge in [0.2, 0.25) is 0 Å². The second-order valence-corrected chi connectivity index (χ2v) is 4.39. The van der Waals surface area contributed by atoms with Gasteiger partial charge >= 0.3 is 0 Å². The monoisotopic (exact) mass is 231 g/mol. The van der Waals surface area contributed by atoms with Gasteiger partial charge < -0.3 is 5.73 Å². The average Bonchev–Trinajstić information content (AvgIpc) is 2.30. The van der Waals surface area contributed by atoms with Gasteiger partial charge in [-0.05, 0) is 30.9 Å². The molecule has 0 fully saturated rings. The number of anilines is 1. The Hall–Kier alpha value is -1.55. The van der Waals surface area contributed by atoms with Gasteiger partial charge in [0.15, 0.2) is 0 Å². The third-order valence-electron chi connectivity index (χ3n) is 2.38. The summed E-state index contributed by atoms with van der Waals surface area (Å²) in [6, 6.07) is 6.31. The molecule has 1 aromatic heterocycles. The first-order valence-corrected chi connectivity index (χ1v) is 6.15. The third kappa shape index (κ3) is 2.17. The molecule has 82 valence electrons. The Labute approximate surface area is 99.1 Å². The van der Waals surface area contributed by atoms with E-state index in [-0.39, 0.29) is 0 Å². The van der Waals surface area contributed by atoms with Crippen LogP contribution >= 0.6 is 11.8 Å². The van der Waals surface area contributed by atoms with Crippen molar-refractivity contribution in [3.63, 3.8) is 0 Å². The molecule has 0 amide bonds. The Kier molecular flexibility index (Phi) is 3.10. The first-order chi connectivity index (χ1) is 7.70. The van der Waals surface area contributed by atoms with Gasteiger partial charge in [0.25, 0.3) is 0 Å². The summed E-state index contributed by atoms with van der Waals surface area (Å²) in [7, 11) is 0. The number of aryl methyl sites for hydroxylation is 1. The van der Waals surface area contributed by atoms with Crippen LogP contribution < -0.4 is 5.73 Å². The second kappa shape index (κ2) is 4.53. The molecule has 0 saturated heterocycles. The van der Waals surface area contributed by atoms with Gasteiger partial charge in [0.05, 0.1) is 18.1 Å². The zero-order valence-electron chi connectivity index (χ0n) is 9.27. The molecular weight excluding hydrogens is 218 g/mol. The van der Waals surface area contributed by atoms with Crippen LogP contribution in [0, 0.1) is 6.92 Å². The van der Waals surface area contributed by atoms with Crippen molar-refractivity contribution in [1.82, 2.24) is 9.97 Å². The Bertz CT molecular complexity index is 494. The molecule has 0 aliphatic heterocycles. The van der Waals surface area contributed by atoms with E-state index >= 15 is 0 Å². The number of nitrogen functional groups attached to an aromatic ring is 1. The second-order valence-electron chi connectivity index (χ2n) is 3.51. The maximum absolute atomic E-state index is 5.51. The van der Waals surface area contributed by atoms with Crippen LogP contribution in [0.4, 0.5) is 5.82 Å². The summed E-state index contributed by atoms with van der Waals surface area (Å²) in [5.41, 5.74) is 8.67. The highest BCUT2D eigenvalue weighted by Crippen LogP contribution is 2.25. The van der Waals surface area contributed by atoms with Crippen molar-refractivity contribution >= 4 is 17.6 Å². The summed E-state index contributed by atoms with van der Waals surface area (Å²) in [5, 5.41) is 0. The fraction of sp³-hybridized carbons (Fsp3) is 0.167. The molecule has 0 radical (unpaired) electrons. The van der Waals surface area contributed by atoms with E-state index in [1.54, 1.807) is 24.2 Å². The van der Waals surface area contributed by atoms with E-state index in [0.29, 0.717) is 5.82 Å². The molecule has 0 saturated carbocycles. The smallest absolute Gasteiger partial charge is 0.141 e. The number of benzene rings is 1. The van der Waals surface area contributed by atoms with E-state index in [9.17, 15) is 0 Å². The lowest BCUT2D eigenvalue weighted by Crippen LogP contribution is -1.93. The Morgan fingerprint density at radius 3 is 2.56 bits per heavy atom. The van der Waals surface area contributed by atoms with Crippen molar-refractivity contribution < 1.29 is 0 Å². The van der Waals surface area contributed by atoms with Gasteiger partial charge in [-0.3, -0.25) is 4.98 Å². The first kappa shape index (κ1) is 11.0. The van der Waals surface area contributed by atoms with Crippen molar-refractivity contribution in [3.05, 3.63) is 36.2 Å². The number of rotatable bonds is 2. The number of thioether (sulfide) groups is 1. The summed E-state index contributed by atoms with van der Waals surface area (Å²) in [5.74, 6) is 0.446. The van der Waals surface area contributed by atoms with Gasteiger partial charge in [-0.1, -0.05) is 6.07 Å². The van der Waals surface area contributed by atoms with Gasteiger partial charge in [-0.15, -0.1) is 11.8 Å². The van der Waals surface area contributed by atoms with E-state index in [0.717, 1.165) is 11.3 Å². The van der Waals surface area contributed by atoms with Crippen LogP contribution in [-0.4, -0.2) is 16.2 Å². The van der Waals surface area contributed by atoms with Crippen molar-refractivity contribution in [3.8, 4) is 11.3 Å². The highest BCUT2D eigenvalue weighted by atomic mass is 32.2. The molecule has 0 bridgehead atoms. The number of nitrogens with two attached hydrogens (primary N) is 1. The van der Waals surface area contributed by atoms with E-state index in [2.05, 4.69) is 41.3 Å². The lowest BCUT2D eigenvalue weighted by atomic mass is 10.1. The van der Waals surface area contributed by atoms with Crippen LogP contribution in [0.5, 0.6) is 0 Å². The lowest BCUT2D eigenvalue weighted by Gasteiger charge is -2.06. The topological polar surface area (TPSA) is 51.8 Å². The first-order valence-electron chi connectivity index (χ1n) is 4.93. The molecule has 0 atom stereocenters. The van der Waals surface area contributed by atoms with Gasteiger partial charge in [-0.25, -0.2) is 4.98 Å². The van der Waals surface area contributed by atoms with Crippen LogP contribution in [0.15, 0.2) is 35.5 Å². The zero-order chi connectivity index (χ0) is 11.5. The van der Waals surface area contributed by atoms with Crippen molar-refractivity contribution in [2.75, 3.05) is 12.0 Å². The molecule has 3 nitrogen and oxygen atoms in total. The number of hydrogen-bond acceptors (Lipinski definition) is 4. The molecule has 2 aromatic rings. The highest BCUT2D eigenvalue weighted by Gasteiger charge is 2.04. The quantitative estimate of drug-likeness (QED) is 0.807. The van der Waals surface area contributed by atoms with Crippen LogP contribution in [-0.2, 0) is 0 Å². The Balaban J connectivity index is 2.44. The van der Waals surface area contributed by atoms with Crippen LogP contribution in [0.2, 0.25) is 0 Å². The maximum Gasteiger partial charge on any atom is 0.141 e. The molecule has 4 heteroatoms. The lowest BCUT2D eigenvalue weighted by molar-refractivity contribution is 1.20. The van der Waals surface area contributed by atoms with Gasteiger partial charge in [0.1, 0.15) is 5.82 Å². The minimum atomic E-state index is 0.446. The van der Waals surface area contributed by atoms with Crippen LogP contribution in [0.3, 0.4) is 0 Å². The SMILES string of the molecule is CSc1ccc(-c2cnc(N)cn2)c(C)c1. The Morgan fingerprint density at radius 2 is 2.00 bits per heavy atom.